The molecule has 5 aromatic carbocycles. The van der Waals surface area contributed by atoms with Crippen LogP contribution in [0.2, 0.25) is 10.0 Å². The third kappa shape index (κ3) is 5.60. The van der Waals surface area contributed by atoms with E-state index < -0.39 is 0 Å². The minimum atomic E-state index is -0.282. The summed E-state index contributed by atoms with van der Waals surface area (Å²) in [5.74, 6) is 0.356. The van der Waals surface area contributed by atoms with Gasteiger partial charge in [0.15, 0.2) is 5.76 Å². The van der Waals surface area contributed by atoms with Crippen molar-refractivity contribution in [3.05, 3.63) is 159 Å². The summed E-state index contributed by atoms with van der Waals surface area (Å²) in [5, 5.41) is 16.4. The lowest BCUT2D eigenvalue weighted by Gasteiger charge is -2.21. The number of carbonyl (C=O) groups excluding carboxylic acids is 1. The number of phenols is 1. The summed E-state index contributed by atoms with van der Waals surface area (Å²) < 4.78 is 5.89. The number of hydrogen-bond acceptors (Lipinski definition) is 5. The van der Waals surface area contributed by atoms with Crippen molar-refractivity contribution in [2.75, 3.05) is 5.32 Å². The van der Waals surface area contributed by atoms with Gasteiger partial charge in [-0.05, 0) is 65.6 Å². The van der Waals surface area contributed by atoms with E-state index in [9.17, 15) is 9.90 Å². The number of phenolic OH excluding ortho intramolecular Hbond substituents is 1. The number of ketones is 1. The highest BCUT2D eigenvalue weighted by Gasteiger charge is 2.25. The molecule has 216 valence electrons. The minimum absolute atomic E-state index is 0.147. The lowest BCUT2D eigenvalue weighted by Crippen LogP contribution is -2.15. The summed E-state index contributed by atoms with van der Waals surface area (Å²) in [6, 6.07) is 35.8. The van der Waals surface area contributed by atoms with Crippen LogP contribution in [0.4, 0.5) is 11.4 Å². The summed E-state index contributed by atoms with van der Waals surface area (Å²) in [6.07, 6.45) is 1.16. The second-order valence-corrected chi connectivity index (χ2v) is 11.7. The fraction of sp³-hybridized carbons (Fsp3) is 0.0811. The van der Waals surface area contributed by atoms with Crippen LogP contribution in [0.15, 0.2) is 125 Å². The zero-order chi connectivity index (χ0) is 30.2. The average Bonchev–Trinajstić information content (AvgIpc) is 3.38. The van der Waals surface area contributed by atoms with Crippen molar-refractivity contribution >= 4 is 57.0 Å². The molecule has 0 saturated carbocycles. The maximum atomic E-state index is 12.9. The number of fused-ring (bicyclic) bond motifs is 2. The van der Waals surface area contributed by atoms with E-state index in [1.54, 1.807) is 36.4 Å². The average molecular weight is 618 g/mol. The Hall–Kier alpha value is -4.84. The molecule has 0 saturated heterocycles. The number of nitrogens with one attached hydrogen (secondary N) is 1. The number of benzene rings is 5. The van der Waals surface area contributed by atoms with E-state index >= 15 is 0 Å². The topological polar surface area (TPSA) is 74.8 Å². The van der Waals surface area contributed by atoms with Gasteiger partial charge in [-0.1, -0.05) is 96.0 Å². The first-order valence-electron chi connectivity index (χ1n) is 14.2. The van der Waals surface area contributed by atoms with Gasteiger partial charge in [0.1, 0.15) is 11.3 Å². The zero-order valence-corrected chi connectivity index (χ0v) is 24.9. The molecule has 0 aliphatic carbocycles. The molecule has 7 rings (SSSR count). The molecule has 44 heavy (non-hydrogen) atoms. The minimum Gasteiger partial charge on any atom is -0.508 e. The van der Waals surface area contributed by atoms with E-state index in [0.717, 1.165) is 39.0 Å². The molecule has 6 aromatic rings. The van der Waals surface area contributed by atoms with Gasteiger partial charge in [0.05, 0.1) is 33.2 Å². The summed E-state index contributed by atoms with van der Waals surface area (Å²) >= 11 is 12.7. The van der Waals surface area contributed by atoms with Crippen LogP contribution in [0.25, 0.3) is 11.0 Å². The van der Waals surface area contributed by atoms with Gasteiger partial charge in [0.25, 0.3) is 0 Å². The van der Waals surface area contributed by atoms with Crippen LogP contribution in [0.1, 0.15) is 50.8 Å². The summed E-state index contributed by atoms with van der Waals surface area (Å²) in [7, 11) is 0. The Bertz CT molecular complexity index is 2050. The Balaban J connectivity index is 1.20. The van der Waals surface area contributed by atoms with E-state index in [0.29, 0.717) is 45.5 Å². The quantitative estimate of drug-likeness (QED) is 0.183. The first kappa shape index (κ1) is 28.0. The van der Waals surface area contributed by atoms with Crippen LogP contribution >= 0.6 is 23.2 Å². The highest BCUT2D eigenvalue weighted by atomic mass is 35.5. The Morgan fingerprint density at radius 1 is 0.841 bits per heavy atom. The molecule has 0 fully saturated rings. The van der Waals surface area contributed by atoms with Crippen LogP contribution in [-0.2, 0) is 6.42 Å². The van der Waals surface area contributed by atoms with E-state index in [1.165, 1.54) is 0 Å². The highest BCUT2D eigenvalue weighted by Crippen LogP contribution is 2.42. The predicted octanol–water partition coefficient (Wildman–Crippen LogP) is 9.94. The van der Waals surface area contributed by atoms with Crippen molar-refractivity contribution < 1.29 is 14.3 Å². The van der Waals surface area contributed by atoms with Crippen molar-refractivity contribution in [1.82, 2.24) is 0 Å². The predicted molar refractivity (Wildman–Crippen MR) is 177 cm³/mol. The van der Waals surface area contributed by atoms with Crippen LogP contribution in [0, 0.1) is 0 Å². The molecule has 0 amide bonds. The van der Waals surface area contributed by atoms with E-state index in [4.69, 9.17) is 32.6 Å². The number of hydrogen-bond donors (Lipinski definition) is 2. The SMILES string of the molecule is O=C(c1ccccc1)c1cc2cc(Cc3ccc(O)c(C4CC(c5ccccc5)=Nc5cc(Cl)c(Cl)cc5N4)c3)ccc2o1. The molecule has 1 aliphatic heterocycles. The molecule has 5 nitrogen and oxygen atoms in total. The lowest BCUT2D eigenvalue weighted by atomic mass is 9.93. The van der Waals surface area contributed by atoms with Crippen molar-refractivity contribution in [3.8, 4) is 5.75 Å². The van der Waals surface area contributed by atoms with Crippen molar-refractivity contribution in [1.29, 1.82) is 0 Å². The molecule has 0 bridgehead atoms. The van der Waals surface area contributed by atoms with Gasteiger partial charge in [-0.2, -0.15) is 0 Å². The Labute approximate surface area is 264 Å². The largest absolute Gasteiger partial charge is 0.508 e. The first-order valence-corrected chi connectivity index (χ1v) is 15.0. The molecule has 7 heteroatoms. The molecular formula is C37H26Cl2N2O3. The van der Waals surface area contributed by atoms with Crippen LogP contribution in [-0.4, -0.2) is 16.6 Å². The molecule has 1 atom stereocenters. The van der Waals surface area contributed by atoms with Gasteiger partial charge in [0, 0.05) is 22.9 Å². The van der Waals surface area contributed by atoms with E-state index in [1.807, 2.05) is 78.9 Å². The van der Waals surface area contributed by atoms with Gasteiger partial charge < -0.3 is 14.8 Å². The zero-order valence-electron chi connectivity index (χ0n) is 23.4. The summed E-state index contributed by atoms with van der Waals surface area (Å²) in [6.45, 7) is 0. The molecule has 2 heterocycles. The van der Waals surface area contributed by atoms with Crippen LogP contribution < -0.4 is 5.32 Å². The van der Waals surface area contributed by atoms with Crippen LogP contribution in [0.5, 0.6) is 5.75 Å². The van der Waals surface area contributed by atoms with E-state index in [2.05, 4.69) is 5.32 Å². The second-order valence-electron chi connectivity index (χ2n) is 10.9. The Morgan fingerprint density at radius 3 is 2.34 bits per heavy atom. The first-order chi connectivity index (χ1) is 21.4. The maximum Gasteiger partial charge on any atom is 0.228 e. The van der Waals surface area contributed by atoms with Gasteiger partial charge in [-0.15, -0.1) is 0 Å². The number of anilines is 1. The number of furan rings is 1. The van der Waals surface area contributed by atoms with Gasteiger partial charge in [-0.3, -0.25) is 9.79 Å². The third-order valence-electron chi connectivity index (χ3n) is 7.84. The van der Waals surface area contributed by atoms with Crippen LogP contribution in [0.3, 0.4) is 0 Å². The number of halogens is 2. The fourth-order valence-corrected chi connectivity index (χ4v) is 5.97. The molecule has 1 aliphatic rings. The summed E-state index contributed by atoms with van der Waals surface area (Å²) in [5.41, 5.74) is 7.38. The maximum absolute atomic E-state index is 12.9. The molecule has 0 spiro atoms. The third-order valence-corrected chi connectivity index (χ3v) is 8.57. The normalized spacial score (nSPS) is 14.4. The Morgan fingerprint density at radius 2 is 1.55 bits per heavy atom. The highest BCUT2D eigenvalue weighted by molar-refractivity contribution is 6.42. The molecular weight excluding hydrogens is 591 g/mol. The number of rotatable bonds is 6. The van der Waals surface area contributed by atoms with E-state index in [-0.39, 0.29) is 17.6 Å². The summed E-state index contributed by atoms with van der Waals surface area (Å²) in [4.78, 5) is 17.9. The second kappa shape index (κ2) is 11.7. The van der Waals surface area contributed by atoms with Gasteiger partial charge >= 0.3 is 0 Å². The Kier molecular flexibility index (Phi) is 7.42. The fourth-order valence-electron chi connectivity index (χ4n) is 5.64. The molecule has 2 N–H and O–H groups in total. The lowest BCUT2D eigenvalue weighted by molar-refractivity contribution is 0.101. The monoisotopic (exact) mass is 616 g/mol. The number of aliphatic imine (C=N–C) groups is 1. The van der Waals surface area contributed by atoms with Gasteiger partial charge in [0.2, 0.25) is 5.78 Å². The van der Waals surface area contributed by atoms with Gasteiger partial charge in [-0.25, -0.2) is 0 Å². The number of aromatic hydroxyl groups is 1. The number of carbonyl (C=O) groups is 1. The molecule has 1 aromatic heterocycles. The van der Waals surface area contributed by atoms with Crippen molar-refractivity contribution in [3.63, 3.8) is 0 Å². The molecule has 1 unspecified atom stereocenters. The number of nitrogens with zero attached hydrogens (tertiary/aromatic N) is 1. The van der Waals surface area contributed by atoms with Crippen molar-refractivity contribution in [2.24, 2.45) is 4.99 Å². The smallest absolute Gasteiger partial charge is 0.228 e. The molecule has 0 radical (unpaired) electrons. The standard InChI is InChI=1S/C37H26Cl2N2O3/c38-28-19-32-33(20-29(28)39)41-31(21-30(40-32)24-7-3-1-4-8-24)27-17-23(11-13-34(27)42)15-22-12-14-35-26(16-22)18-36(44-35)37(43)25-9-5-2-6-10-25/h1-14,16-20,31,41-42H,15,21H2. The van der Waals surface area contributed by atoms with Crippen molar-refractivity contribution in [2.45, 2.75) is 18.9 Å².